The normalized spacial score (nSPS) is 12.8. The Kier molecular flexibility index (Phi) is 5.14. The molecule has 0 bridgehead atoms. The van der Waals surface area contributed by atoms with E-state index >= 15 is 0 Å². The number of amides is 3. The lowest BCUT2D eigenvalue weighted by Crippen LogP contribution is -2.29. The molecule has 0 radical (unpaired) electrons. The van der Waals surface area contributed by atoms with E-state index in [-0.39, 0.29) is 24.3 Å². The third kappa shape index (κ3) is 3.77. The molecule has 5 nitrogen and oxygen atoms in total. The zero-order chi connectivity index (χ0) is 20.4. The third-order valence-electron chi connectivity index (χ3n) is 4.81. The van der Waals surface area contributed by atoms with Crippen molar-refractivity contribution in [2.24, 2.45) is 0 Å². The Morgan fingerprint density at radius 3 is 2.21 bits per heavy atom. The molecule has 29 heavy (non-hydrogen) atoms. The molecule has 0 aromatic heterocycles. The Morgan fingerprint density at radius 1 is 0.862 bits per heavy atom. The summed E-state index contributed by atoms with van der Waals surface area (Å²) in [5.74, 6) is -0.896. The third-order valence-corrected chi connectivity index (χ3v) is 5.17. The molecule has 1 aliphatic rings. The van der Waals surface area contributed by atoms with Gasteiger partial charge >= 0.3 is 0 Å². The fourth-order valence-electron chi connectivity index (χ4n) is 3.30. The summed E-state index contributed by atoms with van der Waals surface area (Å²) in [5.41, 5.74) is 2.79. The SMILES string of the molecule is O=C(NCc1ccccc1Cl)c1cccc(CN2C(=O)c3ccccc3C2=O)c1. The molecule has 0 unspecified atom stereocenters. The van der Waals surface area contributed by atoms with Crippen molar-refractivity contribution in [3.8, 4) is 0 Å². The maximum atomic E-state index is 12.5. The molecule has 3 aromatic carbocycles. The molecule has 144 valence electrons. The van der Waals surface area contributed by atoms with Crippen LogP contribution in [0.3, 0.4) is 0 Å². The number of hydrogen-bond acceptors (Lipinski definition) is 3. The molecule has 3 amide bonds. The first-order chi connectivity index (χ1) is 14.0. The van der Waals surface area contributed by atoms with Gasteiger partial charge in [-0.2, -0.15) is 0 Å². The van der Waals surface area contributed by atoms with E-state index in [0.717, 1.165) is 5.56 Å². The first kappa shape index (κ1) is 18.9. The first-order valence-electron chi connectivity index (χ1n) is 9.10. The van der Waals surface area contributed by atoms with Gasteiger partial charge in [-0.15, -0.1) is 0 Å². The molecule has 0 saturated heterocycles. The van der Waals surface area contributed by atoms with Crippen LogP contribution in [-0.2, 0) is 13.1 Å². The molecular formula is C23H17ClN2O3. The molecular weight excluding hydrogens is 388 g/mol. The van der Waals surface area contributed by atoms with Crippen LogP contribution in [0, 0.1) is 0 Å². The number of rotatable bonds is 5. The summed E-state index contributed by atoms with van der Waals surface area (Å²) in [6, 6.07) is 21.0. The molecule has 1 heterocycles. The van der Waals surface area contributed by atoms with E-state index < -0.39 is 0 Å². The van der Waals surface area contributed by atoms with Gasteiger partial charge < -0.3 is 5.32 Å². The molecule has 3 aromatic rings. The number of imide groups is 1. The molecule has 1 aliphatic heterocycles. The Balaban J connectivity index is 1.47. The van der Waals surface area contributed by atoms with Crippen LogP contribution in [0.2, 0.25) is 5.02 Å². The second-order valence-corrected chi connectivity index (χ2v) is 7.12. The van der Waals surface area contributed by atoms with Crippen molar-refractivity contribution in [1.29, 1.82) is 0 Å². The smallest absolute Gasteiger partial charge is 0.261 e. The highest BCUT2D eigenvalue weighted by Gasteiger charge is 2.34. The Bertz CT molecular complexity index is 1090. The highest BCUT2D eigenvalue weighted by Crippen LogP contribution is 2.24. The van der Waals surface area contributed by atoms with Crippen LogP contribution in [0.5, 0.6) is 0 Å². The first-order valence-corrected chi connectivity index (χ1v) is 9.48. The Hall–Kier alpha value is -3.44. The minimum Gasteiger partial charge on any atom is -0.348 e. The summed E-state index contributed by atoms with van der Waals surface area (Å²) in [7, 11) is 0. The fraction of sp³-hybridized carbons (Fsp3) is 0.0870. The highest BCUT2D eigenvalue weighted by molar-refractivity contribution is 6.31. The molecule has 0 atom stereocenters. The van der Waals surface area contributed by atoms with Crippen LogP contribution < -0.4 is 5.32 Å². The average molecular weight is 405 g/mol. The van der Waals surface area contributed by atoms with Crippen LogP contribution >= 0.6 is 11.6 Å². The number of halogens is 1. The maximum Gasteiger partial charge on any atom is 0.261 e. The predicted molar refractivity (Wildman–Crippen MR) is 110 cm³/mol. The van der Waals surface area contributed by atoms with Crippen LogP contribution in [0.4, 0.5) is 0 Å². The van der Waals surface area contributed by atoms with Gasteiger partial charge in [-0.1, -0.05) is 54.1 Å². The minimum absolute atomic E-state index is 0.109. The molecule has 4 rings (SSSR count). The number of benzene rings is 3. The van der Waals surface area contributed by atoms with Gasteiger partial charge in [0.1, 0.15) is 0 Å². The number of fused-ring (bicyclic) bond motifs is 1. The largest absolute Gasteiger partial charge is 0.348 e. The topological polar surface area (TPSA) is 66.5 Å². The Labute approximate surface area is 172 Å². The maximum absolute atomic E-state index is 12.5. The lowest BCUT2D eigenvalue weighted by atomic mass is 10.1. The standard InChI is InChI=1S/C23H17ClN2O3/c24-20-11-4-1-7-17(20)13-25-21(27)16-8-5-6-15(12-16)14-26-22(28)18-9-2-3-10-19(18)23(26)29/h1-12H,13-14H2,(H,25,27). The summed E-state index contributed by atoms with van der Waals surface area (Å²) in [5, 5.41) is 3.43. The quantitative estimate of drug-likeness (QED) is 0.652. The number of hydrogen-bond donors (Lipinski definition) is 1. The predicted octanol–water partition coefficient (Wildman–Crippen LogP) is 4.07. The van der Waals surface area contributed by atoms with E-state index in [0.29, 0.717) is 33.8 Å². The van der Waals surface area contributed by atoms with E-state index in [4.69, 9.17) is 11.6 Å². The van der Waals surface area contributed by atoms with Gasteiger partial charge in [0.2, 0.25) is 0 Å². The fourth-order valence-corrected chi connectivity index (χ4v) is 3.50. The van der Waals surface area contributed by atoms with E-state index in [2.05, 4.69) is 5.32 Å². The van der Waals surface area contributed by atoms with Crippen molar-refractivity contribution in [1.82, 2.24) is 10.2 Å². The molecule has 0 fully saturated rings. The van der Waals surface area contributed by atoms with Gasteiger partial charge in [-0.3, -0.25) is 19.3 Å². The van der Waals surface area contributed by atoms with Crippen molar-refractivity contribution in [3.05, 3.63) is 106 Å². The molecule has 0 aliphatic carbocycles. The van der Waals surface area contributed by atoms with Crippen molar-refractivity contribution < 1.29 is 14.4 Å². The monoisotopic (exact) mass is 404 g/mol. The van der Waals surface area contributed by atoms with Crippen molar-refractivity contribution in [3.63, 3.8) is 0 Å². The van der Waals surface area contributed by atoms with Gasteiger partial charge in [0, 0.05) is 17.1 Å². The highest BCUT2D eigenvalue weighted by atomic mass is 35.5. The van der Waals surface area contributed by atoms with Gasteiger partial charge in [0.05, 0.1) is 17.7 Å². The van der Waals surface area contributed by atoms with Crippen LogP contribution in [0.15, 0.2) is 72.8 Å². The second-order valence-electron chi connectivity index (χ2n) is 6.72. The number of carbonyl (C=O) groups excluding carboxylic acids is 3. The number of nitrogens with one attached hydrogen (secondary N) is 1. The van der Waals surface area contributed by atoms with Crippen molar-refractivity contribution in [2.75, 3.05) is 0 Å². The summed E-state index contributed by atoms with van der Waals surface area (Å²) in [6.45, 7) is 0.416. The van der Waals surface area contributed by atoms with Gasteiger partial charge in [0.25, 0.3) is 17.7 Å². The molecule has 0 saturated carbocycles. The molecule has 6 heteroatoms. The summed E-state index contributed by atoms with van der Waals surface area (Å²) in [6.07, 6.45) is 0. The van der Waals surface area contributed by atoms with Gasteiger partial charge in [-0.25, -0.2) is 0 Å². The van der Waals surface area contributed by atoms with Crippen molar-refractivity contribution >= 4 is 29.3 Å². The summed E-state index contributed by atoms with van der Waals surface area (Å²) < 4.78 is 0. The second kappa shape index (κ2) is 7.89. The van der Waals surface area contributed by atoms with Crippen molar-refractivity contribution in [2.45, 2.75) is 13.1 Å². The lowest BCUT2D eigenvalue weighted by Gasteiger charge is -2.14. The van der Waals surface area contributed by atoms with Gasteiger partial charge in [0.15, 0.2) is 0 Å². The Morgan fingerprint density at radius 2 is 1.52 bits per heavy atom. The van der Waals surface area contributed by atoms with E-state index in [1.807, 2.05) is 18.2 Å². The summed E-state index contributed by atoms with van der Waals surface area (Å²) in [4.78, 5) is 38.8. The minimum atomic E-state index is -0.320. The lowest BCUT2D eigenvalue weighted by molar-refractivity contribution is 0.0642. The zero-order valence-corrected chi connectivity index (χ0v) is 16.1. The van der Waals surface area contributed by atoms with E-state index in [1.54, 1.807) is 54.6 Å². The van der Waals surface area contributed by atoms with Gasteiger partial charge in [-0.05, 0) is 41.5 Å². The van der Waals surface area contributed by atoms with Crippen LogP contribution in [0.25, 0.3) is 0 Å². The van der Waals surface area contributed by atoms with Crippen LogP contribution in [0.1, 0.15) is 42.2 Å². The molecule has 0 spiro atoms. The zero-order valence-electron chi connectivity index (χ0n) is 15.4. The summed E-state index contributed by atoms with van der Waals surface area (Å²) >= 11 is 6.12. The van der Waals surface area contributed by atoms with E-state index in [1.165, 1.54) is 4.90 Å². The number of carbonyl (C=O) groups is 3. The van der Waals surface area contributed by atoms with Crippen LogP contribution in [-0.4, -0.2) is 22.6 Å². The molecule has 1 N–H and O–H groups in total. The average Bonchev–Trinajstić information content (AvgIpc) is 2.98. The number of nitrogens with zero attached hydrogens (tertiary/aromatic N) is 1. The van der Waals surface area contributed by atoms with E-state index in [9.17, 15) is 14.4 Å².